The summed E-state index contributed by atoms with van der Waals surface area (Å²) in [7, 11) is 2.12. The van der Waals surface area contributed by atoms with E-state index in [1.807, 2.05) is 6.21 Å². The fourth-order valence-electron chi connectivity index (χ4n) is 3.17. The Morgan fingerprint density at radius 1 is 1.16 bits per heavy atom. The van der Waals surface area contributed by atoms with Crippen molar-refractivity contribution in [3.05, 3.63) is 63.9 Å². The number of halogens is 2. The number of nitrogens with zero attached hydrogens (tertiary/aromatic N) is 2. The maximum Gasteiger partial charge on any atom is 0.141 e. The first-order valence-electron chi connectivity index (χ1n) is 8.26. The molecule has 1 aliphatic rings. The summed E-state index contributed by atoms with van der Waals surface area (Å²) in [5.41, 5.74) is 6.51. The fraction of sp³-hybridized carbons (Fsp3) is 0.286. The highest BCUT2D eigenvalue weighted by molar-refractivity contribution is 6.31. The molecule has 4 heteroatoms. The third-order valence-corrected chi connectivity index (χ3v) is 5.15. The molecule has 0 N–H and O–H groups in total. The Morgan fingerprint density at radius 3 is 2.56 bits per heavy atom. The van der Waals surface area contributed by atoms with E-state index in [0.717, 1.165) is 11.1 Å². The van der Waals surface area contributed by atoms with E-state index in [4.69, 9.17) is 11.6 Å². The molecule has 0 amide bonds. The van der Waals surface area contributed by atoms with Crippen molar-refractivity contribution in [2.24, 2.45) is 4.99 Å². The minimum Gasteiger partial charge on any atom is -0.365 e. The Balaban J connectivity index is 2.01. The van der Waals surface area contributed by atoms with E-state index in [-0.39, 0.29) is 10.6 Å². The van der Waals surface area contributed by atoms with Gasteiger partial charge in [0.15, 0.2) is 0 Å². The summed E-state index contributed by atoms with van der Waals surface area (Å²) >= 11 is 5.82. The first-order valence-corrected chi connectivity index (χ1v) is 8.64. The number of benzene rings is 2. The molecule has 25 heavy (non-hydrogen) atoms. The molecule has 1 aliphatic heterocycles. The Kier molecular flexibility index (Phi) is 4.46. The second kappa shape index (κ2) is 6.30. The third kappa shape index (κ3) is 3.34. The van der Waals surface area contributed by atoms with E-state index in [2.05, 4.69) is 62.8 Å². The molecular formula is C21H22ClFN2. The monoisotopic (exact) mass is 356 g/mol. The third-order valence-electron chi connectivity index (χ3n) is 4.86. The van der Waals surface area contributed by atoms with E-state index < -0.39 is 5.82 Å². The van der Waals surface area contributed by atoms with Gasteiger partial charge in [0, 0.05) is 24.5 Å². The lowest BCUT2D eigenvalue weighted by molar-refractivity contribution is 0.597. The molecule has 3 rings (SSSR count). The Bertz CT molecular complexity index is 897. The normalized spacial score (nSPS) is 16.1. The van der Waals surface area contributed by atoms with Crippen molar-refractivity contribution >= 4 is 34.8 Å². The number of likely N-dealkylation sites (N-methyl/N-ethyl adjacent to an activating group) is 1. The first-order chi connectivity index (χ1) is 11.7. The van der Waals surface area contributed by atoms with E-state index in [1.165, 1.54) is 29.0 Å². The lowest BCUT2D eigenvalue weighted by atomic mass is 9.87. The molecule has 0 radical (unpaired) electrons. The van der Waals surface area contributed by atoms with Gasteiger partial charge in [0.25, 0.3) is 0 Å². The second-order valence-electron chi connectivity index (χ2n) is 7.12. The molecule has 0 saturated heterocycles. The highest BCUT2D eigenvalue weighted by atomic mass is 35.5. The predicted molar refractivity (Wildman–Crippen MR) is 106 cm³/mol. The molecule has 2 nitrogen and oxygen atoms in total. The molecule has 1 heterocycles. The van der Waals surface area contributed by atoms with Gasteiger partial charge in [-0.1, -0.05) is 17.7 Å². The second-order valence-corrected chi connectivity index (χ2v) is 7.53. The summed E-state index contributed by atoms with van der Waals surface area (Å²) in [5.74, 6) is -0.433. The van der Waals surface area contributed by atoms with Crippen LogP contribution in [-0.2, 0) is 0 Å². The van der Waals surface area contributed by atoms with Gasteiger partial charge in [-0.05, 0) is 74.7 Å². The van der Waals surface area contributed by atoms with Crippen molar-refractivity contribution in [2.45, 2.75) is 33.2 Å². The van der Waals surface area contributed by atoms with Crippen LogP contribution in [0.5, 0.6) is 0 Å². The van der Waals surface area contributed by atoms with Crippen LogP contribution in [0, 0.1) is 12.7 Å². The number of fused-ring (bicyclic) bond motifs is 1. The van der Waals surface area contributed by atoms with E-state index in [0.29, 0.717) is 5.69 Å². The van der Waals surface area contributed by atoms with Crippen LogP contribution in [0.25, 0.3) is 5.57 Å². The molecule has 0 unspecified atom stereocenters. The zero-order chi connectivity index (χ0) is 18.4. The topological polar surface area (TPSA) is 15.6 Å². The number of aryl methyl sites for hydroxylation is 1. The lowest BCUT2D eigenvalue weighted by Crippen LogP contribution is -2.42. The molecule has 0 aliphatic carbocycles. The lowest BCUT2D eigenvalue weighted by Gasteiger charge is -2.41. The van der Waals surface area contributed by atoms with Gasteiger partial charge in [0.2, 0.25) is 0 Å². The number of aliphatic imine (C=N–C) groups is 1. The van der Waals surface area contributed by atoms with Crippen LogP contribution >= 0.6 is 11.6 Å². The van der Waals surface area contributed by atoms with Crippen molar-refractivity contribution in [1.29, 1.82) is 0 Å². The summed E-state index contributed by atoms with van der Waals surface area (Å²) in [6.07, 6.45) is 4.09. The minimum absolute atomic E-state index is 0.00993. The highest BCUT2D eigenvalue weighted by Gasteiger charge is 2.28. The number of rotatable bonds is 2. The number of hydrogen-bond acceptors (Lipinski definition) is 2. The SMILES string of the molecule is CC1=CC(C)(C)N(C)c2cc(C)c(C=Nc3ccc(F)c(Cl)c3)cc21. The van der Waals surface area contributed by atoms with Gasteiger partial charge in [-0.25, -0.2) is 4.39 Å². The van der Waals surface area contributed by atoms with Crippen LogP contribution in [0.3, 0.4) is 0 Å². The quantitative estimate of drug-likeness (QED) is 0.587. The van der Waals surface area contributed by atoms with Gasteiger partial charge in [0.1, 0.15) is 5.82 Å². The summed E-state index contributed by atoms with van der Waals surface area (Å²) < 4.78 is 13.3. The predicted octanol–water partition coefficient (Wildman–Crippen LogP) is 6.17. The van der Waals surface area contributed by atoms with Crippen LogP contribution in [0.15, 0.2) is 41.4 Å². The number of allylic oxidation sites excluding steroid dienone is 1. The van der Waals surface area contributed by atoms with Gasteiger partial charge >= 0.3 is 0 Å². The van der Waals surface area contributed by atoms with Gasteiger partial charge < -0.3 is 4.90 Å². The molecular weight excluding hydrogens is 335 g/mol. The summed E-state index contributed by atoms with van der Waals surface area (Å²) in [6.45, 7) is 8.64. The van der Waals surface area contributed by atoms with Crippen LogP contribution < -0.4 is 4.90 Å². The summed E-state index contributed by atoms with van der Waals surface area (Å²) in [6, 6.07) is 8.84. The maximum atomic E-state index is 13.3. The average Bonchev–Trinajstić information content (AvgIpc) is 2.54. The van der Waals surface area contributed by atoms with E-state index in [1.54, 1.807) is 6.07 Å². The molecule has 2 aromatic carbocycles. The summed E-state index contributed by atoms with van der Waals surface area (Å²) in [5, 5.41) is 0.0828. The summed E-state index contributed by atoms with van der Waals surface area (Å²) in [4.78, 5) is 6.75. The zero-order valence-corrected chi connectivity index (χ0v) is 15.9. The van der Waals surface area contributed by atoms with Crippen molar-refractivity contribution in [3.63, 3.8) is 0 Å². The molecule has 2 aromatic rings. The maximum absolute atomic E-state index is 13.3. The number of hydrogen-bond donors (Lipinski definition) is 0. The van der Waals surface area contributed by atoms with Gasteiger partial charge in [-0.15, -0.1) is 0 Å². The van der Waals surface area contributed by atoms with Crippen molar-refractivity contribution in [1.82, 2.24) is 0 Å². The van der Waals surface area contributed by atoms with Crippen LogP contribution in [0.1, 0.15) is 37.5 Å². The van der Waals surface area contributed by atoms with Crippen LogP contribution in [0.4, 0.5) is 15.8 Å². The first kappa shape index (κ1) is 17.7. The Hall–Kier alpha value is -2.13. The van der Waals surface area contributed by atoms with Crippen LogP contribution in [-0.4, -0.2) is 18.8 Å². The van der Waals surface area contributed by atoms with E-state index in [9.17, 15) is 4.39 Å². The Labute approximate surface area is 153 Å². The fourth-order valence-corrected chi connectivity index (χ4v) is 3.34. The van der Waals surface area contributed by atoms with E-state index >= 15 is 0 Å². The zero-order valence-electron chi connectivity index (χ0n) is 15.2. The average molecular weight is 357 g/mol. The molecule has 0 atom stereocenters. The van der Waals surface area contributed by atoms with Crippen molar-refractivity contribution in [3.8, 4) is 0 Å². The molecule has 0 aromatic heterocycles. The highest BCUT2D eigenvalue weighted by Crippen LogP contribution is 2.39. The van der Waals surface area contributed by atoms with Gasteiger partial charge in [0.05, 0.1) is 16.2 Å². The standard InChI is InChI=1S/C21H22ClFN2/c1-13-8-20-17(14(2)11-21(3,4)25(20)5)9-15(13)12-24-16-6-7-19(23)18(22)10-16/h6-12H,1-5H3. The molecule has 0 bridgehead atoms. The van der Waals surface area contributed by atoms with Crippen molar-refractivity contribution in [2.75, 3.05) is 11.9 Å². The van der Waals surface area contributed by atoms with Gasteiger partial charge in [-0.2, -0.15) is 0 Å². The van der Waals surface area contributed by atoms with Crippen molar-refractivity contribution < 1.29 is 4.39 Å². The largest absolute Gasteiger partial charge is 0.365 e. The number of anilines is 1. The Morgan fingerprint density at radius 2 is 1.88 bits per heavy atom. The minimum atomic E-state index is -0.433. The molecule has 130 valence electrons. The smallest absolute Gasteiger partial charge is 0.141 e. The van der Waals surface area contributed by atoms with Crippen LogP contribution in [0.2, 0.25) is 5.02 Å². The molecule has 0 spiro atoms. The molecule has 0 fully saturated rings. The molecule has 0 saturated carbocycles. The van der Waals surface area contributed by atoms with Gasteiger partial charge in [-0.3, -0.25) is 4.99 Å².